The summed E-state index contributed by atoms with van der Waals surface area (Å²) in [7, 11) is 0. The number of amides is 1. The van der Waals surface area contributed by atoms with E-state index in [1.807, 2.05) is 4.90 Å². The first-order chi connectivity index (χ1) is 7.68. The van der Waals surface area contributed by atoms with Crippen LogP contribution in [-0.4, -0.2) is 48.2 Å². The zero-order valence-corrected chi connectivity index (χ0v) is 9.98. The Labute approximate surface area is 97.0 Å². The molecule has 2 heterocycles. The Morgan fingerprint density at radius 2 is 2.25 bits per heavy atom. The second kappa shape index (κ2) is 5.15. The smallest absolute Gasteiger partial charge is 0.227 e. The third-order valence-corrected chi connectivity index (χ3v) is 3.88. The monoisotopic (exact) mass is 226 g/mol. The van der Waals surface area contributed by atoms with E-state index >= 15 is 0 Å². The molecule has 0 saturated carbocycles. The van der Waals surface area contributed by atoms with Crippen LogP contribution in [-0.2, 0) is 4.79 Å². The van der Waals surface area contributed by atoms with Gasteiger partial charge in [0, 0.05) is 19.6 Å². The second-order valence-electron chi connectivity index (χ2n) is 5.16. The lowest BCUT2D eigenvalue weighted by atomic mass is 9.93. The van der Waals surface area contributed by atoms with E-state index in [1.165, 1.54) is 0 Å². The molecule has 0 aromatic heterocycles. The summed E-state index contributed by atoms with van der Waals surface area (Å²) in [5.41, 5.74) is 0. The largest absolute Gasteiger partial charge is 0.391 e. The molecule has 0 aromatic rings. The molecule has 2 unspecified atom stereocenters. The quantitative estimate of drug-likeness (QED) is 0.672. The molecule has 4 nitrogen and oxygen atoms in total. The van der Waals surface area contributed by atoms with E-state index in [0.717, 1.165) is 38.9 Å². The van der Waals surface area contributed by atoms with Gasteiger partial charge >= 0.3 is 0 Å². The van der Waals surface area contributed by atoms with E-state index in [1.54, 1.807) is 0 Å². The van der Waals surface area contributed by atoms with Crippen LogP contribution in [0.25, 0.3) is 0 Å². The van der Waals surface area contributed by atoms with Gasteiger partial charge in [-0.3, -0.25) is 4.79 Å². The van der Waals surface area contributed by atoms with Gasteiger partial charge in [0.05, 0.1) is 12.0 Å². The van der Waals surface area contributed by atoms with Gasteiger partial charge in [0.2, 0.25) is 5.91 Å². The summed E-state index contributed by atoms with van der Waals surface area (Å²) in [6, 6.07) is 0. The van der Waals surface area contributed by atoms with E-state index < -0.39 is 0 Å². The highest BCUT2D eigenvalue weighted by Gasteiger charge is 2.31. The molecule has 0 aromatic carbocycles. The van der Waals surface area contributed by atoms with E-state index in [-0.39, 0.29) is 17.9 Å². The minimum absolute atomic E-state index is 0.134. The van der Waals surface area contributed by atoms with Crippen LogP contribution >= 0.6 is 0 Å². The SMILES string of the molecule is CC1CCN(C(=O)[C@@H]2CCCNC2)CC1O. The molecule has 4 heteroatoms. The van der Waals surface area contributed by atoms with Crippen LogP contribution in [0.1, 0.15) is 26.2 Å². The van der Waals surface area contributed by atoms with Gasteiger partial charge in [-0.2, -0.15) is 0 Å². The van der Waals surface area contributed by atoms with Gasteiger partial charge in [0.15, 0.2) is 0 Å². The van der Waals surface area contributed by atoms with Gasteiger partial charge in [-0.1, -0.05) is 6.92 Å². The Morgan fingerprint density at radius 1 is 1.44 bits per heavy atom. The third kappa shape index (κ3) is 2.55. The van der Waals surface area contributed by atoms with Crippen LogP contribution in [0.3, 0.4) is 0 Å². The number of likely N-dealkylation sites (tertiary alicyclic amines) is 1. The number of nitrogens with one attached hydrogen (secondary N) is 1. The summed E-state index contributed by atoms with van der Waals surface area (Å²) < 4.78 is 0. The number of carbonyl (C=O) groups excluding carboxylic acids is 1. The normalized spacial score (nSPS) is 36.1. The molecule has 2 saturated heterocycles. The molecular weight excluding hydrogens is 204 g/mol. The number of β-amino-alcohol motifs (C(OH)–C–C–N with tert-alkyl or cyclic N) is 1. The van der Waals surface area contributed by atoms with E-state index in [4.69, 9.17) is 0 Å². The van der Waals surface area contributed by atoms with Crippen molar-refractivity contribution in [3.05, 3.63) is 0 Å². The number of nitrogens with zero attached hydrogens (tertiary/aromatic N) is 1. The Kier molecular flexibility index (Phi) is 3.82. The molecular formula is C12H22N2O2. The first-order valence-corrected chi connectivity index (χ1v) is 6.36. The average Bonchev–Trinajstić information content (AvgIpc) is 2.33. The molecule has 2 rings (SSSR count). The minimum Gasteiger partial charge on any atom is -0.391 e. The number of piperidine rings is 2. The van der Waals surface area contributed by atoms with Gasteiger partial charge in [-0.05, 0) is 31.7 Å². The summed E-state index contributed by atoms with van der Waals surface area (Å²) >= 11 is 0. The van der Waals surface area contributed by atoms with Crippen LogP contribution in [0.2, 0.25) is 0 Å². The molecule has 0 radical (unpaired) electrons. The molecule has 16 heavy (non-hydrogen) atoms. The molecule has 0 spiro atoms. The highest BCUT2D eigenvalue weighted by atomic mass is 16.3. The number of aliphatic hydroxyl groups excluding tert-OH is 1. The van der Waals surface area contributed by atoms with Gasteiger partial charge in [-0.25, -0.2) is 0 Å². The first-order valence-electron chi connectivity index (χ1n) is 6.36. The van der Waals surface area contributed by atoms with Crippen LogP contribution in [0.15, 0.2) is 0 Å². The van der Waals surface area contributed by atoms with Gasteiger partial charge in [0.25, 0.3) is 0 Å². The van der Waals surface area contributed by atoms with Crippen molar-refractivity contribution in [2.75, 3.05) is 26.2 Å². The first kappa shape index (κ1) is 11.9. The molecule has 2 N–H and O–H groups in total. The van der Waals surface area contributed by atoms with Crippen molar-refractivity contribution < 1.29 is 9.90 Å². The Hall–Kier alpha value is -0.610. The zero-order valence-electron chi connectivity index (χ0n) is 9.98. The van der Waals surface area contributed by atoms with Gasteiger partial charge < -0.3 is 15.3 Å². The molecule has 2 fully saturated rings. The lowest BCUT2D eigenvalue weighted by Crippen LogP contribution is -2.50. The summed E-state index contributed by atoms with van der Waals surface area (Å²) in [6.07, 6.45) is 2.67. The standard InChI is InChI=1S/C12H22N2O2/c1-9-4-6-14(8-11(9)15)12(16)10-3-2-5-13-7-10/h9-11,13,15H,2-8H2,1H3/t9?,10-,11?/m1/s1. The van der Waals surface area contributed by atoms with Gasteiger partial charge in [-0.15, -0.1) is 0 Å². The highest BCUT2D eigenvalue weighted by Crippen LogP contribution is 2.20. The Balaban J connectivity index is 1.89. The van der Waals surface area contributed by atoms with Crippen molar-refractivity contribution in [2.24, 2.45) is 11.8 Å². The fourth-order valence-corrected chi connectivity index (χ4v) is 2.57. The van der Waals surface area contributed by atoms with E-state index in [9.17, 15) is 9.90 Å². The lowest BCUT2D eigenvalue weighted by Gasteiger charge is -2.37. The van der Waals surface area contributed by atoms with Crippen molar-refractivity contribution >= 4 is 5.91 Å². The molecule has 0 aliphatic carbocycles. The third-order valence-electron chi connectivity index (χ3n) is 3.88. The Morgan fingerprint density at radius 3 is 2.88 bits per heavy atom. The Bertz CT molecular complexity index is 251. The topological polar surface area (TPSA) is 52.6 Å². The second-order valence-corrected chi connectivity index (χ2v) is 5.16. The minimum atomic E-state index is -0.339. The predicted octanol–water partition coefficient (Wildman–Crippen LogP) is 0.215. The van der Waals surface area contributed by atoms with Crippen molar-refractivity contribution in [2.45, 2.75) is 32.3 Å². The van der Waals surface area contributed by atoms with Crippen molar-refractivity contribution in [3.63, 3.8) is 0 Å². The van der Waals surface area contributed by atoms with Crippen LogP contribution in [0.5, 0.6) is 0 Å². The van der Waals surface area contributed by atoms with Crippen molar-refractivity contribution in [1.29, 1.82) is 0 Å². The summed E-state index contributed by atoms with van der Waals surface area (Å²) in [5, 5.41) is 13.1. The van der Waals surface area contributed by atoms with E-state index in [2.05, 4.69) is 12.2 Å². The number of rotatable bonds is 1. The van der Waals surface area contributed by atoms with Crippen LogP contribution in [0.4, 0.5) is 0 Å². The number of aliphatic hydroxyl groups is 1. The predicted molar refractivity (Wildman–Crippen MR) is 62.0 cm³/mol. The molecule has 3 atom stereocenters. The fourth-order valence-electron chi connectivity index (χ4n) is 2.57. The molecule has 1 amide bonds. The van der Waals surface area contributed by atoms with Gasteiger partial charge in [0.1, 0.15) is 0 Å². The molecule has 2 aliphatic heterocycles. The zero-order chi connectivity index (χ0) is 11.5. The molecule has 0 bridgehead atoms. The van der Waals surface area contributed by atoms with Crippen molar-refractivity contribution in [1.82, 2.24) is 10.2 Å². The molecule has 92 valence electrons. The van der Waals surface area contributed by atoms with Crippen molar-refractivity contribution in [3.8, 4) is 0 Å². The van der Waals surface area contributed by atoms with E-state index in [0.29, 0.717) is 12.5 Å². The highest BCUT2D eigenvalue weighted by molar-refractivity contribution is 5.79. The summed E-state index contributed by atoms with van der Waals surface area (Å²) in [5.74, 6) is 0.695. The number of carbonyl (C=O) groups is 1. The lowest BCUT2D eigenvalue weighted by molar-refractivity contribution is -0.140. The molecule has 2 aliphatic rings. The summed E-state index contributed by atoms with van der Waals surface area (Å²) in [4.78, 5) is 14.0. The number of hydrogen-bond acceptors (Lipinski definition) is 3. The maximum absolute atomic E-state index is 12.2. The van der Waals surface area contributed by atoms with Crippen LogP contribution < -0.4 is 5.32 Å². The average molecular weight is 226 g/mol. The fraction of sp³-hybridized carbons (Fsp3) is 0.917. The number of hydrogen-bond donors (Lipinski definition) is 2. The summed E-state index contributed by atoms with van der Waals surface area (Å²) in [6.45, 7) is 5.23. The van der Waals surface area contributed by atoms with Crippen LogP contribution in [0, 0.1) is 11.8 Å². The maximum atomic E-state index is 12.2. The maximum Gasteiger partial charge on any atom is 0.227 e.